The number of hydrogen-bond donors (Lipinski definition) is 0. The lowest BCUT2D eigenvalue weighted by atomic mass is 9.91. The molecule has 1 aromatic carbocycles. The average Bonchev–Trinajstić information content (AvgIpc) is 2.84. The molecule has 34 heavy (non-hydrogen) atoms. The second-order valence-corrected chi connectivity index (χ2v) is 10.7. The Morgan fingerprint density at radius 2 is 1.62 bits per heavy atom. The van der Waals surface area contributed by atoms with Crippen molar-refractivity contribution < 1.29 is 9.59 Å². The molecule has 1 aliphatic carbocycles. The van der Waals surface area contributed by atoms with Crippen molar-refractivity contribution in [3.63, 3.8) is 0 Å². The Balaban J connectivity index is 1.10. The van der Waals surface area contributed by atoms with Gasteiger partial charge in [-0.1, -0.05) is 12.5 Å². The molecule has 1 aromatic rings. The van der Waals surface area contributed by atoms with Gasteiger partial charge in [0.25, 0.3) is 5.91 Å². The maximum atomic E-state index is 13.1. The van der Waals surface area contributed by atoms with E-state index in [1.165, 1.54) is 25.7 Å². The first kappa shape index (κ1) is 23.6. The molecule has 0 spiro atoms. The number of likely N-dealkylation sites (tertiary alicyclic amines) is 1. The van der Waals surface area contributed by atoms with E-state index in [9.17, 15) is 9.59 Å². The molecule has 0 bridgehead atoms. The van der Waals surface area contributed by atoms with Crippen LogP contribution in [0.4, 0.5) is 5.69 Å². The molecular weight excluding hydrogens is 426 g/mol. The maximum absolute atomic E-state index is 13.1. The zero-order valence-electron chi connectivity index (χ0n) is 20.8. The van der Waals surface area contributed by atoms with E-state index >= 15 is 0 Å². The van der Waals surface area contributed by atoms with Crippen LogP contribution in [0.2, 0.25) is 0 Å². The van der Waals surface area contributed by atoms with Gasteiger partial charge in [-0.25, -0.2) is 0 Å². The van der Waals surface area contributed by atoms with Crippen LogP contribution >= 0.6 is 0 Å². The van der Waals surface area contributed by atoms with Crippen molar-refractivity contribution in [1.29, 1.82) is 0 Å². The van der Waals surface area contributed by atoms with Crippen LogP contribution in [0.3, 0.4) is 0 Å². The quantitative estimate of drug-likeness (QED) is 0.666. The highest BCUT2D eigenvalue weighted by Crippen LogP contribution is 2.26. The van der Waals surface area contributed by atoms with Crippen molar-refractivity contribution in [2.24, 2.45) is 0 Å². The first-order valence-corrected chi connectivity index (χ1v) is 13.5. The van der Waals surface area contributed by atoms with Crippen molar-refractivity contribution in [2.45, 2.75) is 57.5 Å². The largest absolute Gasteiger partial charge is 0.369 e. The van der Waals surface area contributed by atoms with Crippen LogP contribution in [0.25, 0.3) is 0 Å². The first-order chi connectivity index (χ1) is 16.6. The number of rotatable bonds is 5. The first-order valence-electron chi connectivity index (χ1n) is 13.5. The van der Waals surface area contributed by atoms with Crippen molar-refractivity contribution in [3.8, 4) is 0 Å². The molecule has 3 saturated heterocycles. The van der Waals surface area contributed by atoms with E-state index < -0.39 is 0 Å². The van der Waals surface area contributed by atoms with E-state index in [-0.39, 0.29) is 11.8 Å². The van der Waals surface area contributed by atoms with E-state index in [1.54, 1.807) is 0 Å². The molecule has 2 amide bonds. The van der Waals surface area contributed by atoms with Crippen LogP contribution in [-0.2, 0) is 4.79 Å². The summed E-state index contributed by atoms with van der Waals surface area (Å²) in [6.45, 7) is 10.9. The monoisotopic (exact) mass is 467 g/mol. The summed E-state index contributed by atoms with van der Waals surface area (Å²) in [4.78, 5) is 37.3. The molecule has 4 fully saturated rings. The fraction of sp³-hybridized carbons (Fsp3) is 0.704. The molecule has 1 saturated carbocycles. The van der Waals surface area contributed by atoms with Crippen molar-refractivity contribution >= 4 is 17.5 Å². The van der Waals surface area contributed by atoms with Gasteiger partial charge in [-0.05, 0) is 57.2 Å². The van der Waals surface area contributed by atoms with E-state index in [2.05, 4.69) is 38.7 Å². The van der Waals surface area contributed by atoms with Crippen LogP contribution in [0.5, 0.6) is 0 Å². The standard InChI is InChI=1S/C27H41N5O2/c1-22-6-2-3-11-32(22)27(34)23-7-4-10-25(20-23)30-14-12-28(13-15-30)21-26(33)31-18-16-29(17-19-31)24-8-5-9-24/h4,7,10,20,22,24H,2-3,5-6,8-9,11-19,21H2,1H3. The second-order valence-electron chi connectivity index (χ2n) is 10.7. The third kappa shape index (κ3) is 5.25. The zero-order valence-corrected chi connectivity index (χ0v) is 20.8. The number of amides is 2. The Morgan fingerprint density at radius 3 is 2.29 bits per heavy atom. The lowest BCUT2D eigenvalue weighted by molar-refractivity contribution is -0.134. The molecule has 1 atom stereocenters. The van der Waals surface area contributed by atoms with E-state index in [1.807, 2.05) is 17.0 Å². The fourth-order valence-electron chi connectivity index (χ4n) is 5.95. The highest BCUT2D eigenvalue weighted by Gasteiger charge is 2.30. The van der Waals surface area contributed by atoms with Crippen molar-refractivity contribution in [2.75, 3.05) is 70.3 Å². The van der Waals surface area contributed by atoms with Crippen molar-refractivity contribution in [3.05, 3.63) is 29.8 Å². The molecule has 0 aromatic heterocycles. The molecule has 5 rings (SSSR count). The number of benzene rings is 1. The van der Waals surface area contributed by atoms with Gasteiger partial charge in [0.15, 0.2) is 0 Å². The molecule has 0 N–H and O–H groups in total. The van der Waals surface area contributed by atoms with E-state index in [0.29, 0.717) is 12.6 Å². The fourth-order valence-corrected chi connectivity index (χ4v) is 5.95. The van der Waals surface area contributed by atoms with Gasteiger partial charge in [0, 0.05) is 82.2 Å². The van der Waals surface area contributed by atoms with Gasteiger partial charge in [0.1, 0.15) is 0 Å². The Bertz CT molecular complexity index is 856. The summed E-state index contributed by atoms with van der Waals surface area (Å²) in [7, 11) is 0. The summed E-state index contributed by atoms with van der Waals surface area (Å²) in [5, 5.41) is 0. The summed E-state index contributed by atoms with van der Waals surface area (Å²) < 4.78 is 0. The van der Waals surface area contributed by atoms with Crippen LogP contribution in [0.15, 0.2) is 24.3 Å². The van der Waals surface area contributed by atoms with Gasteiger partial charge >= 0.3 is 0 Å². The van der Waals surface area contributed by atoms with E-state index in [0.717, 1.165) is 89.0 Å². The van der Waals surface area contributed by atoms with Gasteiger partial charge in [-0.3, -0.25) is 19.4 Å². The molecule has 0 radical (unpaired) electrons. The van der Waals surface area contributed by atoms with Gasteiger partial charge in [-0.15, -0.1) is 0 Å². The smallest absolute Gasteiger partial charge is 0.254 e. The minimum Gasteiger partial charge on any atom is -0.369 e. The SMILES string of the molecule is CC1CCCCN1C(=O)c1cccc(N2CCN(CC(=O)N3CCN(C4CCC4)CC3)CC2)c1. The summed E-state index contributed by atoms with van der Waals surface area (Å²) in [6, 6.07) is 9.24. The van der Waals surface area contributed by atoms with Crippen LogP contribution in [-0.4, -0.2) is 109 Å². The summed E-state index contributed by atoms with van der Waals surface area (Å²) in [6.07, 6.45) is 7.47. The van der Waals surface area contributed by atoms with Gasteiger partial charge < -0.3 is 14.7 Å². The minimum absolute atomic E-state index is 0.163. The summed E-state index contributed by atoms with van der Waals surface area (Å²) >= 11 is 0. The van der Waals surface area contributed by atoms with Crippen LogP contribution < -0.4 is 4.90 Å². The predicted molar refractivity (Wildman–Crippen MR) is 135 cm³/mol. The minimum atomic E-state index is 0.163. The Kier molecular flexibility index (Phi) is 7.40. The molecule has 7 nitrogen and oxygen atoms in total. The topological polar surface area (TPSA) is 50.3 Å². The number of nitrogens with zero attached hydrogens (tertiary/aromatic N) is 5. The molecule has 186 valence electrons. The predicted octanol–water partition coefficient (Wildman–Crippen LogP) is 2.52. The van der Waals surface area contributed by atoms with Gasteiger partial charge in [0.05, 0.1) is 6.54 Å². The number of piperidine rings is 1. The molecule has 4 aliphatic rings. The zero-order chi connectivity index (χ0) is 23.5. The summed E-state index contributed by atoms with van der Waals surface area (Å²) in [5.74, 6) is 0.445. The maximum Gasteiger partial charge on any atom is 0.254 e. The molecular formula is C27H41N5O2. The third-order valence-electron chi connectivity index (χ3n) is 8.51. The highest BCUT2D eigenvalue weighted by atomic mass is 16.2. The average molecular weight is 468 g/mol. The molecule has 3 heterocycles. The lowest BCUT2D eigenvalue weighted by Crippen LogP contribution is -2.56. The highest BCUT2D eigenvalue weighted by molar-refractivity contribution is 5.95. The number of piperazine rings is 2. The lowest BCUT2D eigenvalue weighted by Gasteiger charge is -2.43. The Hall–Kier alpha value is -2.12. The second kappa shape index (κ2) is 10.6. The molecule has 7 heteroatoms. The number of hydrogen-bond acceptors (Lipinski definition) is 5. The van der Waals surface area contributed by atoms with E-state index in [4.69, 9.17) is 0 Å². The van der Waals surface area contributed by atoms with Gasteiger partial charge in [-0.2, -0.15) is 0 Å². The normalized spacial score (nSPS) is 25.3. The van der Waals surface area contributed by atoms with Crippen molar-refractivity contribution in [1.82, 2.24) is 19.6 Å². The number of carbonyl (C=O) groups excluding carboxylic acids is 2. The van der Waals surface area contributed by atoms with Crippen LogP contribution in [0, 0.1) is 0 Å². The Labute approximate surface area is 204 Å². The summed E-state index contributed by atoms with van der Waals surface area (Å²) in [5.41, 5.74) is 1.92. The Morgan fingerprint density at radius 1 is 0.853 bits per heavy atom. The number of carbonyl (C=O) groups is 2. The van der Waals surface area contributed by atoms with Gasteiger partial charge in [0.2, 0.25) is 5.91 Å². The molecule has 3 aliphatic heterocycles. The number of anilines is 1. The third-order valence-corrected chi connectivity index (χ3v) is 8.51. The van der Waals surface area contributed by atoms with Crippen LogP contribution in [0.1, 0.15) is 55.8 Å². The molecule has 1 unspecified atom stereocenters.